The molecular formula is C20H34ClN5O2. The molecule has 2 fully saturated rings. The first kappa shape index (κ1) is 22.7. The maximum absolute atomic E-state index is 13.1. The number of rotatable bonds is 5. The minimum atomic E-state index is -0.0412. The minimum absolute atomic E-state index is 0. The average molecular weight is 412 g/mol. The van der Waals surface area contributed by atoms with E-state index in [0.717, 1.165) is 24.9 Å². The number of likely N-dealkylation sites (tertiary alicyclic amines) is 1. The van der Waals surface area contributed by atoms with Gasteiger partial charge in [0.15, 0.2) is 0 Å². The summed E-state index contributed by atoms with van der Waals surface area (Å²) in [6.07, 6.45) is 5.37. The summed E-state index contributed by atoms with van der Waals surface area (Å²) in [7, 11) is 1.90. The predicted molar refractivity (Wildman–Crippen MR) is 111 cm³/mol. The topological polar surface area (TPSA) is 79.3 Å². The number of carbonyl (C=O) groups excluding carboxylic acids is 2. The zero-order chi connectivity index (χ0) is 19.6. The second-order valence-electron chi connectivity index (χ2n) is 8.46. The Morgan fingerprint density at radius 1 is 1.21 bits per heavy atom. The number of halogens is 1. The number of hydrogen-bond donors (Lipinski definition) is 2. The van der Waals surface area contributed by atoms with Crippen molar-refractivity contribution in [1.29, 1.82) is 0 Å². The van der Waals surface area contributed by atoms with Crippen LogP contribution in [0.1, 0.15) is 45.1 Å². The Bertz CT molecular complexity index is 669. The monoisotopic (exact) mass is 411 g/mol. The number of piperidine rings is 1. The van der Waals surface area contributed by atoms with Crippen LogP contribution in [0.4, 0.5) is 0 Å². The Balaban J connectivity index is 0.00000280. The van der Waals surface area contributed by atoms with Gasteiger partial charge >= 0.3 is 0 Å². The molecule has 2 saturated heterocycles. The van der Waals surface area contributed by atoms with Crippen LogP contribution in [-0.2, 0) is 16.6 Å². The summed E-state index contributed by atoms with van der Waals surface area (Å²) in [5.41, 5.74) is 1.12. The largest absolute Gasteiger partial charge is 0.353 e. The summed E-state index contributed by atoms with van der Waals surface area (Å²) in [4.78, 5) is 27.5. The molecule has 0 spiro atoms. The summed E-state index contributed by atoms with van der Waals surface area (Å²) in [5, 5.41) is 10.7. The summed E-state index contributed by atoms with van der Waals surface area (Å²) in [5.74, 6) is 0.933. The number of carbonyl (C=O) groups is 2. The molecule has 0 aromatic carbocycles. The molecule has 0 bridgehead atoms. The fraction of sp³-hybridized carbons (Fsp3) is 0.750. The van der Waals surface area contributed by atoms with E-state index >= 15 is 0 Å². The van der Waals surface area contributed by atoms with Crippen molar-refractivity contribution in [2.75, 3.05) is 26.2 Å². The van der Waals surface area contributed by atoms with Crippen LogP contribution in [0.25, 0.3) is 0 Å². The summed E-state index contributed by atoms with van der Waals surface area (Å²) >= 11 is 0. The van der Waals surface area contributed by atoms with Gasteiger partial charge in [0.2, 0.25) is 11.8 Å². The second kappa shape index (κ2) is 9.74. The van der Waals surface area contributed by atoms with Crippen molar-refractivity contribution in [3.63, 3.8) is 0 Å². The zero-order valence-corrected chi connectivity index (χ0v) is 18.2. The number of nitrogens with zero attached hydrogens (tertiary/aromatic N) is 3. The quantitative estimate of drug-likeness (QED) is 0.770. The smallest absolute Gasteiger partial charge is 0.227 e. The number of aryl methyl sites for hydroxylation is 1. The molecule has 3 atom stereocenters. The van der Waals surface area contributed by atoms with Gasteiger partial charge in [0.25, 0.3) is 0 Å². The van der Waals surface area contributed by atoms with Gasteiger partial charge in [-0.15, -0.1) is 12.4 Å². The lowest BCUT2D eigenvalue weighted by molar-refractivity contribution is -0.139. The molecule has 2 N–H and O–H groups in total. The lowest BCUT2D eigenvalue weighted by Gasteiger charge is -2.34. The Morgan fingerprint density at radius 2 is 1.89 bits per heavy atom. The van der Waals surface area contributed by atoms with Crippen LogP contribution < -0.4 is 10.6 Å². The first-order valence-electron chi connectivity index (χ1n) is 10.1. The van der Waals surface area contributed by atoms with Crippen LogP contribution in [0, 0.1) is 17.8 Å². The lowest BCUT2D eigenvalue weighted by Crippen LogP contribution is -2.47. The van der Waals surface area contributed by atoms with Crippen LogP contribution in [0.15, 0.2) is 12.4 Å². The second-order valence-corrected chi connectivity index (χ2v) is 8.46. The molecule has 3 rings (SSSR count). The first-order valence-corrected chi connectivity index (χ1v) is 10.1. The third-order valence-electron chi connectivity index (χ3n) is 6.23. The van der Waals surface area contributed by atoms with E-state index in [1.807, 2.05) is 31.3 Å². The van der Waals surface area contributed by atoms with Crippen molar-refractivity contribution in [1.82, 2.24) is 25.3 Å². The normalized spacial score (nSPS) is 24.1. The molecule has 0 radical (unpaired) electrons. The molecule has 2 amide bonds. The molecule has 0 aliphatic carbocycles. The average Bonchev–Trinajstić information content (AvgIpc) is 3.29. The number of aromatic nitrogens is 2. The van der Waals surface area contributed by atoms with E-state index in [9.17, 15) is 9.59 Å². The van der Waals surface area contributed by atoms with Gasteiger partial charge in [-0.25, -0.2) is 0 Å². The molecule has 3 heterocycles. The van der Waals surface area contributed by atoms with Gasteiger partial charge in [-0.05, 0) is 31.2 Å². The van der Waals surface area contributed by atoms with Gasteiger partial charge in [-0.1, -0.05) is 13.8 Å². The van der Waals surface area contributed by atoms with Crippen molar-refractivity contribution in [3.8, 4) is 0 Å². The van der Waals surface area contributed by atoms with E-state index in [1.54, 1.807) is 4.68 Å². The van der Waals surface area contributed by atoms with Crippen LogP contribution in [-0.4, -0.2) is 58.7 Å². The van der Waals surface area contributed by atoms with Crippen molar-refractivity contribution in [3.05, 3.63) is 18.0 Å². The zero-order valence-electron chi connectivity index (χ0n) is 17.4. The fourth-order valence-corrected chi connectivity index (χ4v) is 4.03. The molecule has 28 heavy (non-hydrogen) atoms. The van der Waals surface area contributed by atoms with Crippen LogP contribution in [0.5, 0.6) is 0 Å². The van der Waals surface area contributed by atoms with Crippen molar-refractivity contribution in [2.24, 2.45) is 24.8 Å². The van der Waals surface area contributed by atoms with E-state index in [2.05, 4.69) is 29.6 Å². The maximum atomic E-state index is 13.1. The van der Waals surface area contributed by atoms with E-state index < -0.39 is 0 Å². The van der Waals surface area contributed by atoms with Gasteiger partial charge in [0.05, 0.1) is 12.1 Å². The van der Waals surface area contributed by atoms with E-state index in [0.29, 0.717) is 25.6 Å². The Hall–Kier alpha value is -1.60. The van der Waals surface area contributed by atoms with E-state index in [-0.39, 0.29) is 48.0 Å². The molecule has 1 aromatic heterocycles. The van der Waals surface area contributed by atoms with E-state index in [1.165, 1.54) is 0 Å². The van der Waals surface area contributed by atoms with Crippen LogP contribution in [0.2, 0.25) is 0 Å². The lowest BCUT2D eigenvalue weighted by atomic mass is 9.88. The predicted octanol–water partition coefficient (Wildman–Crippen LogP) is 1.54. The highest BCUT2D eigenvalue weighted by Crippen LogP contribution is 2.30. The SMILES string of the molecule is CC(C)C(C)NC(=O)C1CCN(C(=O)[C@H]2CNC[C@@H]2c2cnn(C)c2)CC1.Cl. The van der Waals surface area contributed by atoms with Gasteiger partial charge in [-0.3, -0.25) is 14.3 Å². The number of hydrogen-bond acceptors (Lipinski definition) is 4. The van der Waals surface area contributed by atoms with Crippen molar-refractivity contribution >= 4 is 24.2 Å². The molecule has 8 heteroatoms. The van der Waals surface area contributed by atoms with E-state index in [4.69, 9.17) is 0 Å². The fourth-order valence-electron chi connectivity index (χ4n) is 4.03. The Labute approximate surface area is 174 Å². The molecular weight excluding hydrogens is 378 g/mol. The van der Waals surface area contributed by atoms with Crippen molar-refractivity contribution < 1.29 is 9.59 Å². The Morgan fingerprint density at radius 3 is 2.46 bits per heavy atom. The standard InChI is InChI=1S/C20H33N5O2.ClH/c1-13(2)14(3)23-19(26)15-5-7-25(8-6-15)20(27)18-11-21-10-17(18)16-9-22-24(4)12-16;/h9,12-15,17-18,21H,5-8,10-11H2,1-4H3,(H,23,26);1H/t14?,17-,18+;/m1./s1. The summed E-state index contributed by atoms with van der Waals surface area (Å²) < 4.78 is 1.79. The van der Waals surface area contributed by atoms with Gasteiger partial charge < -0.3 is 15.5 Å². The highest BCUT2D eigenvalue weighted by molar-refractivity contribution is 5.85. The van der Waals surface area contributed by atoms with Crippen LogP contribution in [0.3, 0.4) is 0 Å². The highest BCUT2D eigenvalue weighted by atomic mass is 35.5. The van der Waals surface area contributed by atoms with Gasteiger partial charge in [0, 0.05) is 57.3 Å². The van der Waals surface area contributed by atoms with Gasteiger partial charge in [0.1, 0.15) is 0 Å². The molecule has 1 aromatic rings. The third-order valence-corrected chi connectivity index (χ3v) is 6.23. The molecule has 0 saturated carbocycles. The third kappa shape index (κ3) is 5.06. The first-order chi connectivity index (χ1) is 12.9. The maximum Gasteiger partial charge on any atom is 0.227 e. The minimum Gasteiger partial charge on any atom is -0.353 e. The molecule has 2 aliphatic rings. The summed E-state index contributed by atoms with van der Waals surface area (Å²) in [6, 6.07) is 0.182. The van der Waals surface area contributed by atoms with Crippen LogP contribution >= 0.6 is 12.4 Å². The molecule has 158 valence electrons. The molecule has 1 unspecified atom stereocenters. The number of nitrogens with one attached hydrogen (secondary N) is 2. The number of amides is 2. The highest BCUT2D eigenvalue weighted by Gasteiger charge is 2.38. The molecule has 2 aliphatic heterocycles. The van der Waals surface area contributed by atoms with Crippen molar-refractivity contribution in [2.45, 2.75) is 45.6 Å². The summed E-state index contributed by atoms with van der Waals surface area (Å²) in [6.45, 7) is 9.14. The van der Waals surface area contributed by atoms with Gasteiger partial charge in [-0.2, -0.15) is 5.10 Å². The Kier molecular flexibility index (Phi) is 7.89. The molecule has 7 nitrogen and oxygen atoms in total.